The number of benzene rings is 1. The second-order valence-electron chi connectivity index (χ2n) is 6.12. The maximum atomic E-state index is 14.1. The number of nitrogens with zero attached hydrogens (tertiary/aromatic N) is 2. The van der Waals surface area contributed by atoms with E-state index in [2.05, 4.69) is 15.6 Å². The maximum Gasteiger partial charge on any atom is 0.316 e. The zero-order valence-electron chi connectivity index (χ0n) is 15.3. The summed E-state index contributed by atoms with van der Waals surface area (Å²) in [6.07, 6.45) is 1.68. The number of aryl methyl sites for hydroxylation is 2. The number of nitrogens with two attached hydrogens (primary N) is 1. The summed E-state index contributed by atoms with van der Waals surface area (Å²) in [6.45, 7) is 4.04. The van der Waals surface area contributed by atoms with Gasteiger partial charge in [-0.1, -0.05) is 0 Å². The largest absolute Gasteiger partial charge is 0.373 e. The normalized spacial score (nSPS) is 10.8. The van der Waals surface area contributed by atoms with E-state index >= 15 is 0 Å². The van der Waals surface area contributed by atoms with Crippen molar-refractivity contribution in [3.63, 3.8) is 0 Å². The van der Waals surface area contributed by atoms with Gasteiger partial charge in [-0.15, -0.1) is 0 Å². The number of amides is 2. The van der Waals surface area contributed by atoms with Crippen LogP contribution in [0.25, 0.3) is 22.0 Å². The molecule has 1 aromatic carbocycles. The minimum Gasteiger partial charge on any atom is -0.373 e. The number of fused-ring (bicyclic) bond motifs is 1. The molecule has 0 spiro atoms. The molecule has 3 aromatic rings. The first kappa shape index (κ1) is 18.4. The van der Waals surface area contributed by atoms with Crippen molar-refractivity contribution in [3.05, 3.63) is 52.2 Å². The van der Waals surface area contributed by atoms with Gasteiger partial charge < -0.3 is 20.9 Å². The number of carbonyl (C=O) groups excluding carboxylic acids is 1. The highest BCUT2D eigenvalue weighted by Gasteiger charge is 2.16. The van der Waals surface area contributed by atoms with Crippen molar-refractivity contribution in [3.8, 4) is 11.1 Å². The monoisotopic (exact) mass is 369 g/mol. The van der Waals surface area contributed by atoms with E-state index < -0.39 is 11.8 Å². The molecule has 0 radical (unpaired) electrons. The number of nitrogens with one attached hydrogen (secondary N) is 2. The summed E-state index contributed by atoms with van der Waals surface area (Å²) in [7, 11) is 1.76. The van der Waals surface area contributed by atoms with Crippen LogP contribution < -0.4 is 21.9 Å². The van der Waals surface area contributed by atoms with Crippen molar-refractivity contribution < 1.29 is 9.18 Å². The van der Waals surface area contributed by atoms with Crippen LogP contribution in [-0.4, -0.2) is 22.6 Å². The van der Waals surface area contributed by atoms with Gasteiger partial charge in [-0.2, -0.15) is 0 Å². The second kappa shape index (κ2) is 7.06. The van der Waals surface area contributed by atoms with Crippen LogP contribution in [0.1, 0.15) is 12.5 Å². The van der Waals surface area contributed by atoms with Gasteiger partial charge in [0.25, 0.3) is 5.56 Å². The van der Waals surface area contributed by atoms with E-state index in [0.29, 0.717) is 29.1 Å². The van der Waals surface area contributed by atoms with Crippen LogP contribution in [0.5, 0.6) is 0 Å². The molecule has 0 saturated heterocycles. The van der Waals surface area contributed by atoms with Crippen LogP contribution in [-0.2, 0) is 6.54 Å². The van der Waals surface area contributed by atoms with Crippen LogP contribution in [0, 0.1) is 12.7 Å². The number of halogens is 1. The highest BCUT2D eigenvalue weighted by Crippen LogP contribution is 2.29. The summed E-state index contributed by atoms with van der Waals surface area (Å²) in [5.41, 5.74) is 7.05. The minimum atomic E-state index is -0.878. The van der Waals surface area contributed by atoms with Crippen LogP contribution in [0.4, 0.5) is 20.7 Å². The topological polar surface area (TPSA) is 102 Å². The SMILES string of the molecule is CCn1c(=O)c(-c2cc(NC(N)=O)c(F)cc2C)cc2cnc(NC)cc21. The lowest BCUT2D eigenvalue weighted by molar-refractivity contribution is 0.259. The molecule has 2 aromatic heterocycles. The smallest absolute Gasteiger partial charge is 0.316 e. The number of pyridine rings is 2. The molecule has 0 aliphatic carbocycles. The molecular weight excluding hydrogens is 349 g/mol. The lowest BCUT2D eigenvalue weighted by atomic mass is 9.99. The summed E-state index contributed by atoms with van der Waals surface area (Å²) >= 11 is 0. The number of primary amides is 1. The Morgan fingerprint density at radius 2 is 2.00 bits per heavy atom. The van der Waals surface area contributed by atoms with E-state index in [4.69, 9.17) is 5.73 Å². The third kappa shape index (κ3) is 3.33. The summed E-state index contributed by atoms with van der Waals surface area (Å²) in [6, 6.07) is 5.35. The van der Waals surface area contributed by atoms with Gasteiger partial charge in [-0.3, -0.25) is 4.79 Å². The molecule has 0 fully saturated rings. The van der Waals surface area contributed by atoms with Gasteiger partial charge >= 0.3 is 6.03 Å². The number of rotatable bonds is 4. The van der Waals surface area contributed by atoms with Crippen molar-refractivity contribution in [2.75, 3.05) is 17.7 Å². The predicted molar refractivity (Wildman–Crippen MR) is 105 cm³/mol. The number of hydrogen-bond acceptors (Lipinski definition) is 4. The van der Waals surface area contributed by atoms with E-state index in [9.17, 15) is 14.0 Å². The maximum absolute atomic E-state index is 14.1. The molecule has 140 valence electrons. The van der Waals surface area contributed by atoms with Crippen LogP contribution in [0.3, 0.4) is 0 Å². The Hall–Kier alpha value is -3.42. The Labute approximate surface area is 155 Å². The minimum absolute atomic E-state index is 0.0747. The van der Waals surface area contributed by atoms with Crippen molar-refractivity contribution >= 4 is 28.4 Å². The standard InChI is InChI=1S/C19H20FN5O2/c1-4-25-16-8-17(22-3)23-9-11(16)6-13(18(25)26)12-7-15(24-19(21)27)14(20)5-10(12)2/h5-9H,4H2,1-3H3,(H,22,23)(H3,21,24,27). The van der Waals surface area contributed by atoms with E-state index in [1.54, 1.807) is 30.8 Å². The first-order valence-electron chi connectivity index (χ1n) is 8.44. The van der Waals surface area contributed by atoms with Crippen molar-refractivity contribution in [2.24, 2.45) is 5.73 Å². The quantitative estimate of drug-likeness (QED) is 0.658. The van der Waals surface area contributed by atoms with Gasteiger partial charge in [0.1, 0.15) is 11.6 Å². The highest BCUT2D eigenvalue weighted by atomic mass is 19.1. The van der Waals surface area contributed by atoms with Crippen molar-refractivity contribution in [1.82, 2.24) is 9.55 Å². The number of aromatic nitrogens is 2. The Balaban J connectivity index is 2.30. The van der Waals surface area contributed by atoms with E-state index in [1.165, 1.54) is 12.1 Å². The third-order valence-corrected chi connectivity index (χ3v) is 4.41. The van der Waals surface area contributed by atoms with Gasteiger partial charge in [0.2, 0.25) is 0 Å². The van der Waals surface area contributed by atoms with E-state index in [0.717, 1.165) is 10.9 Å². The van der Waals surface area contributed by atoms with Gasteiger partial charge in [0.15, 0.2) is 0 Å². The molecule has 27 heavy (non-hydrogen) atoms. The molecule has 0 aliphatic rings. The molecule has 0 atom stereocenters. The van der Waals surface area contributed by atoms with E-state index in [1.807, 2.05) is 13.0 Å². The Morgan fingerprint density at radius 3 is 2.63 bits per heavy atom. The van der Waals surface area contributed by atoms with E-state index in [-0.39, 0.29) is 11.2 Å². The van der Waals surface area contributed by atoms with Gasteiger partial charge in [-0.05, 0) is 43.2 Å². The summed E-state index contributed by atoms with van der Waals surface area (Å²) in [5.74, 6) is 0.0368. The first-order chi connectivity index (χ1) is 12.8. The molecule has 0 aliphatic heterocycles. The molecule has 3 rings (SSSR count). The van der Waals surface area contributed by atoms with Crippen LogP contribution in [0.15, 0.2) is 35.3 Å². The summed E-state index contributed by atoms with van der Waals surface area (Å²) in [4.78, 5) is 28.5. The number of hydrogen-bond donors (Lipinski definition) is 3. The molecule has 0 saturated carbocycles. The average molecular weight is 369 g/mol. The third-order valence-electron chi connectivity index (χ3n) is 4.41. The summed E-state index contributed by atoms with van der Waals surface area (Å²) in [5, 5.41) is 5.98. The lowest BCUT2D eigenvalue weighted by Crippen LogP contribution is -2.22. The van der Waals surface area contributed by atoms with Gasteiger partial charge in [0, 0.05) is 36.8 Å². The average Bonchev–Trinajstić information content (AvgIpc) is 2.63. The molecule has 2 heterocycles. The number of urea groups is 1. The van der Waals surface area contributed by atoms with Gasteiger partial charge in [-0.25, -0.2) is 14.2 Å². The van der Waals surface area contributed by atoms with Crippen molar-refractivity contribution in [1.29, 1.82) is 0 Å². The number of carbonyl (C=O) groups is 1. The predicted octanol–water partition coefficient (Wildman–Crippen LogP) is 3.06. The zero-order chi connectivity index (χ0) is 19.7. The van der Waals surface area contributed by atoms with Crippen molar-refractivity contribution in [2.45, 2.75) is 20.4 Å². The van der Waals surface area contributed by atoms with Gasteiger partial charge in [0.05, 0.1) is 11.2 Å². The molecule has 0 unspecified atom stereocenters. The highest BCUT2D eigenvalue weighted by molar-refractivity contribution is 5.90. The van der Waals surface area contributed by atoms with Crippen LogP contribution in [0.2, 0.25) is 0 Å². The fourth-order valence-corrected chi connectivity index (χ4v) is 3.11. The first-order valence-corrected chi connectivity index (χ1v) is 8.44. The number of anilines is 2. The molecule has 8 heteroatoms. The fourth-order valence-electron chi connectivity index (χ4n) is 3.11. The molecule has 2 amide bonds. The summed E-state index contributed by atoms with van der Waals surface area (Å²) < 4.78 is 15.8. The van der Waals surface area contributed by atoms with Crippen LogP contribution >= 0.6 is 0 Å². The Morgan fingerprint density at radius 1 is 1.26 bits per heavy atom. The molecule has 7 nitrogen and oxygen atoms in total. The second-order valence-corrected chi connectivity index (χ2v) is 6.12. The molecule has 4 N–H and O–H groups in total. The Kier molecular flexibility index (Phi) is 4.81. The fraction of sp³-hybridized carbons (Fsp3) is 0.211. The molecular formula is C19H20FN5O2. The zero-order valence-corrected chi connectivity index (χ0v) is 15.3. The molecule has 0 bridgehead atoms. The Bertz CT molecular complexity index is 1110. The lowest BCUT2D eigenvalue weighted by Gasteiger charge is -2.15.